The molecule has 0 fully saturated rings. The number of amidine groups is 1. The second kappa shape index (κ2) is 13.2. The first-order chi connectivity index (χ1) is 24.1. The third kappa shape index (κ3) is 6.07. The summed E-state index contributed by atoms with van der Waals surface area (Å²) in [5.41, 5.74) is 12.4. The molecule has 0 spiro atoms. The average Bonchev–Trinajstić information content (AvgIpc) is 3.17. The first-order valence-corrected chi connectivity index (χ1v) is 16.8. The number of fused-ring (bicyclic) bond motifs is 4. The Kier molecular flexibility index (Phi) is 8.16. The van der Waals surface area contributed by atoms with Crippen molar-refractivity contribution in [2.45, 2.75) is 32.6 Å². The Bertz CT molecular complexity index is 2200. The number of ether oxygens (including phenoxy) is 1. The lowest BCUT2D eigenvalue weighted by atomic mass is 9.94. The summed E-state index contributed by atoms with van der Waals surface area (Å²) >= 11 is 0. The fourth-order valence-corrected chi connectivity index (χ4v) is 6.61. The van der Waals surface area contributed by atoms with Gasteiger partial charge in [-0.2, -0.15) is 0 Å². The quantitative estimate of drug-likeness (QED) is 0.135. The molecule has 2 aliphatic heterocycles. The summed E-state index contributed by atoms with van der Waals surface area (Å²) in [6.45, 7) is 6.42. The molecular weight excluding hydrogens is 601 g/mol. The van der Waals surface area contributed by atoms with Gasteiger partial charge >= 0.3 is 0 Å². The van der Waals surface area contributed by atoms with Gasteiger partial charge in [0.2, 0.25) is 0 Å². The largest absolute Gasteiger partial charge is 0.452 e. The molecule has 0 bridgehead atoms. The Morgan fingerprint density at radius 2 is 1.51 bits per heavy atom. The van der Waals surface area contributed by atoms with E-state index in [0.29, 0.717) is 11.5 Å². The van der Waals surface area contributed by atoms with Crippen molar-refractivity contribution in [3.8, 4) is 11.5 Å². The number of hydrogen-bond donors (Lipinski definition) is 0. The molecule has 8 rings (SSSR count). The van der Waals surface area contributed by atoms with E-state index in [0.717, 1.165) is 76.6 Å². The minimum absolute atomic E-state index is 0.617. The molecule has 0 atom stereocenters. The van der Waals surface area contributed by atoms with Crippen molar-refractivity contribution in [1.29, 1.82) is 0 Å². The van der Waals surface area contributed by atoms with Gasteiger partial charge in [-0.3, -0.25) is 4.99 Å². The second-order valence-electron chi connectivity index (χ2n) is 12.4. The highest BCUT2D eigenvalue weighted by Gasteiger charge is 2.28. The SMILES string of the molecule is C=C(/N=C(\N=C(/C)c1ccccc1)c1ccc(C2=CN=CCC2)cc1)c1ccc(N2c3ccccc3Oc3c2ccc2c3C=CCC2)cc1. The monoisotopic (exact) mass is 636 g/mol. The van der Waals surface area contributed by atoms with Crippen LogP contribution >= 0.6 is 0 Å². The normalized spacial score (nSPS) is 15.1. The molecule has 0 saturated carbocycles. The molecule has 0 aromatic heterocycles. The smallest absolute Gasteiger partial charge is 0.160 e. The van der Waals surface area contributed by atoms with Crippen LogP contribution in [0.1, 0.15) is 59.6 Å². The Balaban J connectivity index is 1.14. The summed E-state index contributed by atoms with van der Waals surface area (Å²) in [7, 11) is 0. The number of anilines is 3. The van der Waals surface area contributed by atoms with Crippen molar-refractivity contribution in [2.75, 3.05) is 4.90 Å². The standard InChI is InChI=1S/C44H36N4O/c1-30(32-11-4-3-5-12-32)46-44(36-20-18-34(19-21-36)37-14-10-28-45-29-37)47-31(2)33-22-25-38(26-23-33)48-40-16-8-9-17-42(40)49-43-39-15-7-6-13-35(39)24-27-41(43)48/h3-5,7-9,11-12,15-29H,2,6,10,13-14H2,1H3/b46-30+,47-44-. The number of nitrogens with zero attached hydrogens (tertiary/aromatic N) is 4. The average molecular weight is 637 g/mol. The van der Waals surface area contributed by atoms with Crippen molar-refractivity contribution in [1.82, 2.24) is 0 Å². The van der Waals surface area contributed by atoms with Crippen molar-refractivity contribution in [3.63, 3.8) is 0 Å². The van der Waals surface area contributed by atoms with Crippen LogP contribution in [0.3, 0.4) is 0 Å². The van der Waals surface area contributed by atoms with Crippen LogP contribution in [-0.4, -0.2) is 17.8 Å². The molecular formula is C44H36N4O. The fourth-order valence-electron chi connectivity index (χ4n) is 6.61. The summed E-state index contributed by atoms with van der Waals surface area (Å²) in [6, 6.07) is 39.7. The highest BCUT2D eigenvalue weighted by molar-refractivity contribution is 6.12. The van der Waals surface area contributed by atoms with Crippen molar-refractivity contribution in [2.24, 2.45) is 15.0 Å². The molecule has 1 aliphatic carbocycles. The zero-order valence-corrected chi connectivity index (χ0v) is 27.5. The van der Waals surface area contributed by atoms with Crippen LogP contribution in [0.5, 0.6) is 11.5 Å². The van der Waals surface area contributed by atoms with Crippen molar-refractivity contribution < 1.29 is 4.74 Å². The first-order valence-electron chi connectivity index (χ1n) is 16.8. The van der Waals surface area contributed by atoms with E-state index < -0.39 is 0 Å². The van der Waals surface area contributed by atoms with Gasteiger partial charge in [0, 0.05) is 34.9 Å². The van der Waals surface area contributed by atoms with Gasteiger partial charge in [-0.1, -0.05) is 104 Å². The van der Waals surface area contributed by atoms with Gasteiger partial charge in [0.1, 0.15) is 0 Å². The van der Waals surface area contributed by atoms with Gasteiger partial charge in [0.05, 0.1) is 17.1 Å². The van der Waals surface area contributed by atoms with Crippen molar-refractivity contribution in [3.05, 3.63) is 167 Å². The minimum Gasteiger partial charge on any atom is -0.452 e. The van der Waals surface area contributed by atoms with Gasteiger partial charge in [0.25, 0.3) is 0 Å². The van der Waals surface area contributed by atoms with E-state index in [-0.39, 0.29) is 0 Å². The van der Waals surface area contributed by atoms with Gasteiger partial charge in [-0.25, -0.2) is 9.98 Å². The van der Waals surface area contributed by atoms with Crippen LogP contribution in [0.4, 0.5) is 17.1 Å². The third-order valence-electron chi connectivity index (χ3n) is 9.25. The number of rotatable bonds is 6. The molecule has 0 N–H and O–H groups in total. The molecule has 3 aliphatic rings. The van der Waals surface area contributed by atoms with Gasteiger partial charge in [0.15, 0.2) is 17.3 Å². The van der Waals surface area contributed by atoms with Gasteiger partial charge in [-0.15, -0.1) is 0 Å². The first kappa shape index (κ1) is 30.3. The Morgan fingerprint density at radius 3 is 2.31 bits per heavy atom. The highest BCUT2D eigenvalue weighted by atomic mass is 16.5. The summed E-state index contributed by atoms with van der Waals surface area (Å²) in [5, 5.41) is 0. The van der Waals surface area contributed by atoms with Crippen LogP contribution in [0.15, 0.2) is 149 Å². The lowest BCUT2D eigenvalue weighted by Gasteiger charge is -2.34. The maximum absolute atomic E-state index is 6.53. The molecule has 5 aromatic rings. The topological polar surface area (TPSA) is 49.5 Å². The molecule has 0 radical (unpaired) electrons. The molecule has 5 nitrogen and oxygen atoms in total. The Morgan fingerprint density at radius 1 is 0.735 bits per heavy atom. The summed E-state index contributed by atoms with van der Waals surface area (Å²) < 4.78 is 6.53. The summed E-state index contributed by atoms with van der Waals surface area (Å²) in [4.78, 5) is 16.7. The zero-order chi connectivity index (χ0) is 33.2. The number of aryl methyl sites for hydroxylation is 1. The predicted octanol–water partition coefficient (Wildman–Crippen LogP) is 11.4. The number of hydrogen-bond acceptors (Lipinski definition) is 4. The van der Waals surface area contributed by atoms with E-state index in [1.54, 1.807) is 0 Å². The number of benzene rings is 5. The van der Waals surface area contributed by atoms with Gasteiger partial charge in [-0.05, 0) is 90.8 Å². The van der Waals surface area contributed by atoms with Crippen LogP contribution in [0.25, 0.3) is 17.3 Å². The van der Waals surface area contributed by atoms with E-state index in [2.05, 4.69) is 114 Å². The van der Waals surface area contributed by atoms with Crippen LogP contribution in [-0.2, 0) is 6.42 Å². The summed E-state index contributed by atoms with van der Waals surface area (Å²) in [6.07, 6.45) is 12.4. The minimum atomic E-state index is 0.617. The van der Waals surface area contributed by atoms with E-state index in [1.807, 2.05) is 49.7 Å². The number of allylic oxidation sites excluding steroid dienone is 2. The highest BCUT2D eigenvalue weighted by Crippen LogP contribution is 2.53. The van der Waals surface area contributed by atoms with E-state index >= 15 is 0 Å². The Hall–Kier alpha value is -6.07. The van der Waals surface area contributed by atoms with E-state index in [1.165, 1.54) is 22.3 Å². The van der Waals surface area contributed by atoms with Gasteiger partial charge < -0.3 is 9.64 Å². The maximum atomic E-state index is 6.53. The lowest BCUT2D eigenvalue weighted by Crippen LogP contribution is -2.17. The number of aliphatic imine (C=N–C) groups is 3. The third-order valence-corrected chi connectivity index (χ3v) is 9.25. The van der Waals surface area contributed by atoms with Crippen LogP contribution in [0, 0.1) is 0 Å². The summed E-state index contributed by atoms with van der Waals surface area (Å²) in [5.74, 6) is 2.36. The second-order valence-corrected chi connectivity index (χ2v) is 12.4. The van der Waals surface area contributed by atoms with Crippen LogP contribution in [0.2, 0.25) is 0 Å². The lowest BCUT2D eigenvalue weighted by molar-refractivity contribution is 0.475. The Labute approximate surface area is 287 Å². The number of para-hydroxylation sites is 2. The molecule has 49 heavy (non-hydrogen) atoms. The molecule has 0 saturated heterocycles. The molecule has 2 heterocycles. The zero-order valence-electron chi connectivity index (χ0n) is 27.5. The van der Waals surface area contributed by atoms with Crippen LogP contribution < -0.4 is 9.64 Å². The van der Waals surface area contributed by atoms with Crippen molar-refractivity contribution >= 4 is 52.2 Å². The van der Waals surface area contributed by atoms with E-state index in [4.69, 9.17) is 14.7 Å². The maximum Gasteiger partial charge on any atom is 0.160 e. The molecule has 5 heteroatoms. The van der Waals surface area contributed by atoms with E-state index in [9.17, 15) is 0 Å². The predicted molar refractivity (Wildman–Crippen MR) is 205 cm³/mol. The molecule has 5 aromatic carbocycles. The molecule has 0 amide bonds. The fraction of sp³-hybridized carbons (Fsp3) is 0.114. The molecule has 238 valence electrons. The molecule has 0 unspecified atom stereocenters.